The lowest BCUT2D eigenvalue weighted by Gasteiger charge is -2.00. The molecule has 0 fully saturated rings. The molecule has 3 rings (SSSR count). The van der Waals surface area contributed by atoms with Gasteiger partial charge >= 0.3 is 5.88 Å². The first-order chi connectivity index (χ1) is 11.4. The van der Waals surface area contributed by atoms with Gasteiger partial charge in [-0.1, -0.05) is 11.6 Å². The third-order valence-electron chi connectivity index (χ3n) is 3.24. The predicted molar refractivity (Wildman–Crippen MR) is 90.2 cm³/mol. The zero-order valence-corrected chi connectivity index (χ0v) is 13.8. The number of nitro groups is 1. The van der Waals surface area contributed by atoms with E-state index in [9.17, 15) is 10.1 Å². The number of halogens is 1. The van der Waals surface area contributed by atoms with E-state index in [-0.39, 0.29) is 5.88 Å². The lowest BCUT2D eigenvalue weighted by Crippen LogP contribution is -1.99. The molecule has 0 saturated heterocycles. The molecule has 122 valence electrons. The van der Waals surface area contributed by atoms with Crippen LogP contribution >= 0.6 is 11.6 Å². The quantitative estimate of drug-likeness (QED) is 0.314. The average Bonchev–Trinajstić information content (AvgIpc) is 3.14. The van der Waals surface area contributed by atoms with Crippen molar-refractivity contribution < 1.29 is 13.9 Å². The summed E-state index contributed by atoms with van der Waals surface area (Å²) in [4.78, 5) is 10.3. The summed E-state index contributed by atoms with van der Waals surface area (Å²) >= 11 is 5.91. The second-order valence-corrected chi connectivity index (χ2v) is 5.78. The summed E-state index contributed by atoms with van der Waals surface area (Å²) in [6.45, 7) is 0. The van der Waals surface area contributed by atoms with Gasteiger partial charge in [0.15, 0.2) is 12.0 Å². The van der Waals surface area contributed by atoms with Gasteiger partial charge in [0.05, 0.1) is 17.3 Å². The van der Waals surface area contributed by atoms with Crippen LogP contribution in [0.25, 0.3) is 17.1 Å². The number of nitrogens with zero attached hydrogens (tertiary/aromatic N) is 4. The molecular formula is C16H14ClN4O3+. The highest BCUT2D eigenvalue weighted by atomic mass is 35.5. The van der Waals surface area contributed by atoms with Gasteiger partial charge in [0, 0.05) is 11.2 Å². The largest absolute Gasteiger partial charge is 0.433 e. The minimum absolute atomic E-state index is 0.318. The molecule has 0 radical (unpaired) electrons. The third-order valence-corrected chi connectivity index (χ3v) is 3.49. The van der Waals surface area contributed by atoms with E-state index in [0.29, 0.717) is 16.5 Å². The Kier molecular flexibility index (Phi) is 4.18. The van der Waals surface area contributed by atoms with Crippen LogP contribution in [0.15, 0.2) is 47.0 Å². The number of furan rings is 1. The second kappa shape index (κ2) is 6.29. The van der Waals surface area contributed by atoms with Crippen LogP contribution < -0.4 is 0 Å². The van der Waals surface area contributed by atoms with E-state index in [4.69, 9.17) is 16.0 Å². The molecule has 0 bridgehead atoms. The van der Waals surface area contributed by atoms with Crippen LogP contribution in [0.4, 0.5) is 5.88 Å². The van der Waals surface area contributed by atoms with Gasteiger partial charge in [-0.25, -0.2) is 9.26 Å². The lowest BCUT2D eigenvalue weighted by atomic mass is 10.2. The minimum Gasteiger partial charge on any atom is -0.399 e. The van der Waals surface area contributed by atoms with Crippen LogP contribution in [0.2, 0.25) is 5.02 Å². The van der Waals surface area contributed by atoms with E-state index in [1.165, 1.54) is 6.07 Å². The van der Waals surface area contributed by atoms with Crippen molar-refractivity contribution in [2.45, 2.75) is 0 Å². The molecule has 0 aliphatic carbocycles. The molecule has 24 heavy (non-hydrogen) atoms. The highest BCUT2D eigenvalue weighted by Gasteiger charge is 2.20. The average molecular weight is 346 g/mol. The Bertz CT molecular complexity index is 921. The summed E-state index contributed by atoms with van der Waals surface area (Å²) in [5.74, 6) is 0.0179. The van der Waals surface area contributed by atoms with Gasteiger partial charge in [-0.3, -0.25) is 10.1 Å². The van der Waals surface area contributed by atoms with Crippen LogP contribution in [0.3, 0.4) is 0 Å². The Morgan fingerprint density at radius 1 is 1.21 bits per heavy atom. The van der Waals surface area contributed by atoms with Crippen molar-refractivity contribution in [1.82, 2.24) is 9.78 Å². The molecule has 2 heterocycles. The maximum atomic E-state index is 10.8. The molecule has 2 aromatic heterocycles. The van der Waals surface area contributed by atoms with Crippen LogP contribution in [-0.4, -0.2) is 39.6 Å². The Morgan fingerprint density at radius 3 is 2.50 bits per heavy atom. The van der Waals surface area contributed by atoms with Crippen LogP contribution in [0, 0.1) is 10.1 Å². The minimum atomic E-state index is -0.574. The van der Waals surface area contributed by atoms with Gasteiger partial charge in [0.25, 0.3) is 0 Å². The Labute approximate surface area is 142 Å². The molecule has 0 N–H and O–H groups in total. The molecule has 8 heteroatoms. The second-order valence-electron chi connectivity index (χ2n) is 5.34. The van der Waals surface area contributed by atoms with Crippen molar-refractivity contribution in [3.05, 3.63) is 63.3 Å². The van der Waals surface area contributed by atoms with Crippen molar-refractivity contribution in [3.63, 3.8) is 0 Å². The summed E-state index contributed by atoms with van der Waals surface area (Å²) in [7, 11) is 3.77. The standard InChI is InChI=1S/C16H14ClN4O3/c1-19(2)9-11-10-20(13-5-3-12(17)4-6-13)18-16(11)14-7-8-15(24-14)21(22)23/h3-10H,1-2H3/q+1. The Morgan fingerprint density at radius 2 is 1.92 bits per heavy atom. The van der Waals surface area contributed by atoms with Gasteiger partial charge in [-0.2, -0.15) is 5.10 Å². The first-order valence-electron chi connectivity index (χ1n) is 7.05. The summed E-state index contributed by atoms with van der Waals surface area (Å²) in [6, 6.07) is 10.1. The van der Waals surface area contributed by atoms with Crippen molar-refractivity contribution in [2.75, 3.05) is 14.1 Å². The topological polar surface area (TPSA) is 77.1 Å². The Balaban J connectivity index is 2.11. The fraction of sp³-hybridized carbons (Fsp3) is 0.125. The normalized spacial score (nSPS) is 10.6. The highest BCUT2D eigenvalue weighted by molar-refractivity contribution is 6.30. The van der Waals surface area contributed by atoms with Gasteiger partial charge in [-0.05, 0) is 30.3 Å². The number of hydrogen-bond acceptors (Lipinski definition) is 4. The monoisotopic (exact) mass is 345 g/mol. The molecule has 1 aromatic carbocycles. The highest BCUT2D eigenvalue weighted by Crippen LogP contribution is 2.28. The summed E-state index contributed by atoms with van der Waals surface area (Å²) < 4.78 is 8.83. The van der Waals surface area contributed by atoms with E-state index in [0.717, 1.165) is 11.3 Å². The molecule has 0 aliphatic rings. The lowest BCUT2D eigenvalue weighted by molar-refractivity contribution is -0.458. The maximum Gasteiger partial charge on any atom is 0.433 e. The molecule has 0 unspecified atom stereocenters. The van der Waals surface area contributed by atoms with Crippen molar-refractivity contribution in [3.8, 4) is 17.1 Å². The number of hydrogen-bond donors (Lipinski definition) is 0. The summed E-state index contributed by atoms with van der Waals surface area (Å²) in [5.41, 5.74) is 2.12. The van der Waals surface area contributed by atoms with Gasteiger partial charge in [0.1, 0.15) is 24.7 Å². The summed E-state index contributed by atoms with van der Waals surface area (Å²) in [6.07, 6.45) is 3.69. The molecule has 0 saturated carbocycles. The number of benzene rings is 1. The van der Waals surface area contributed by atoms with Gasteiger partial charge < -0.3 is 4.42 Å². The Hall–Kier alpha value is -2.93. The molecule has 0 amide bonds. The molecule has 0 spiro atoms. The van der Waals surface area contributed by atoms with E-state index in [1.54, 1.807) is 22.9 Å². The molecule has 3 aromatic rings. The fourth-order valence-corrected chi connectivity index (χ4v) is 2.36. The SMILES string of the molecule is C[N+](C)=Cc1cn(-c2ccc(Cl)cc2)nc1-c1ccc([N+](=O)[O-])o1. The molecule has 0 atom stereocenters. The van der Waals surface area contributed by atoms with Crippen LogP contribution in [0.1, 0.15) is 5.56 Å². The molecule has 7 nitrogen and oxygen atoms in total. The van der Waals surface area contributed by atoms with Crippen molar-refractivity contribution in [2.24, 2.45) is 0 Å². The maximum absolute atomic E-state index is 10.8. The smallest absolute Gasteiger partial charge is 0.399 e. The van der Waals surface area contributed by atoms with Crippen LogP contribution in [0.5, 0.6) is 0 Å². The first-order valence-corrected chi connectivity index (χ1v) is 7.43. The van der Waals surface area contributed by atoms with Gasteiger partial charge in [-0.15, -0.1) is 0 Å². The zero-order chi connectivity index (χ0) is 17.3. The summed E-state index contributed by atoms with van der Waals surface area (Å²) in [5, 5.41) is 16.0. The third kappa shape index (κ3) is 3.21. The van der Waals surface area contributed by atoms with Gasteiger partial charge in [0.2, 0.25) is 0 Å². The van der Waals surface area contributed by atoms with E-state index in [2.05, 4.69) is 5.10 Å². The number of rotatable bonds is 4. The molecular weight excluding hydrogens is 332 g/mol. The number of aromatic nitrogens is 2. The zero-order valence-electron chi connectivity index (χ0n) is 13.0. The van der Waals surface area contributed by atoms with Crippen molar-refractivity contribution in [1.29, 1.82) is 0 Å². The fourth-order valence-electron chi connectivity index (χ4n) is 2.23. The predicted octanol–water partition coefficient (Wildman–Crippen LogP) is 3.38. The first kappa shape index (κ1) is 15.9. The van der Waals surface area contributed by atoms with E-state index in [1.807, 2.05) is 43.2 Å². The van der Waals surface area contributed by atoms with Crippen LogP contribution in [-0.2, 0) is 0 Å². The van der Waals surface area contributed by atoms with Crippen molar-refractivity contribution >= 4 is 23.7 Å². The van der Waals surface area contributed by atoms with E-state index < -0.39 is 4.92 Å². The molecule has 0 aliphatic heterocycles. The van der Waals surface area contributed by atoms with E-state index >= 15 is 0 Å².